The molecule has 0 aliphatic carbocycles. The van der Waals surface area contributed by atoms with Gasteiger partial charge in [0.25, 0.3) is 11.7 Å². The Kier molecular flexibility index (Phi) is 6.68. The van der Waals surface area contributed by atoms with Crippen molar-refractivity contribution in [3.8, 4) is 11.5 Å². The van der Waals surface area contributed by atoms with Gasteiger partial charge in [-0.1, -0.05) is 30.3 Å². The zero-order valence-corrected chi connectivity index (χ0v) is 20.7. The summed E-state index contributed by atoms with van der Waals surface area (Å²) in [6.45, 7) is 2.71. The van der Waals surface area contributed by atoms with Crippen LogP contribution in [0.4, 0.5) is 0 Å². The number of aromatic nitrogens is 1. The number of rotatable bonds is 8. The number of carbonyl (C=O) groups excluding carboxylic acids is 2. The molecule has 0 saturated carbocycles. The van der Waals surface area contributed by atoms with Crippen LogP contribution in [0.25, 0.3) is 16.7 Å². The first-order valence-electron chi connectivity index (χ1n) is 12.2. The largest absolute Gasteiger partial charge is 0.507 e. The number of benzene rings is 3. The van der Waals surface area contributed by atoms with Gasteiger partial charge in [0.05, 0.1) is 25.3 Å². The lowest BCUT2D eigenvalue weighted by atomic mass is 9.95. The van der Waals surface area contributed by atoms with Gasteiger partial charge in [0.2, 0.25) is 0 Å². The van der Waals surface area contributed by atoms with E-state index in [0.717, 1.165) is 27.8 Å². The maximum absolute atomic E-state index is 13.3. The van der Waals surface area contributed by atoms with Crippen molar-refractivity contribution < 1.29 is 24.2 Å². The average molecular weight is 497 g/mol. The summed E-state index contributed by atoms with van der Waals surface area (Å²) in [5, 5.41) is 12.3. The fraction of sp³-hybridized carbons (Fsp3) is 0.200. The van der Waals surface area contributed by atoms with Crippen molar-refractivity contribution in [3.05, 3.63) is 101 Å². The number of carbonyl (C=O) groups is 2. The minimum absolute atomic E-state index is 0.0842. The van der Waals surface area contributed by atoms with Crippen LogP contribution in [-0.4, -0.2) is 46.9 Å². The monoisotopic (exact) mass is 496 g/mol. The van der Waals surface area contributed by atoms with Gasteiger partial charge in [-0.05, 0) is 66.9 Å². The number of aromatic amines is 1. The molecule has 4 aromatic rings. The predicted molar refractivity (Wildman–Crippen MR) is 142 cm³/mol. The van der Waals surface area contributed by atoms with Crippen LogP contribution >= 0.6 is 0 Å². The van der Waals surface area contributed by atoms with Crippen molar-refractivity contribution in [2.75, 3.05) is 20.3 Å². The van der Waals surface area contributed by atoms with E-state index in [-0.39, 0.29) is 11.3 Å². The number of ether oxygens (including phenoxy) is 2. The molecule has 1 saturated heterocycles. The zero-order chi connectivity index (χ0) is 25.9. The maximum atomic E-state index is 13.3. The van der Waals surface area contributed by atoms with Crippen LogP contribution in [0.3, 0.4) is 0 Å². The lowest BCUT2D eigenvalue weighted by Crippen LogP contribution is -2.31. The van der Waals surface area contributed by atoms with Gasteiger partial charge in [0.15, 0.2) is 0 Å². The molecule has 2 N–H and O–H groups in total. The van der Waals surface area contributed by atoms with Gasteiger partial charge in [0, 0.05) is 29.2 Å². The summed E-state index contributed by atoms with van der Waals surface area (Å²) in [4.78, 5) is 31.4. The normalized spacial score (nSPS) is 16.9. The quantitative estimate of drug-likeness (QED) is 0.198. The van der Waals surface area contributed by atoms with Gasteiger partial charge in [0.1, 0.15) is 17.3 Å². The summed E-state index contributed by atoms with van der Waals surface area (Å²) in [6.07, 6.45) is 2.44. The van der Waals surface area contributed by atoms with Crippen molar-refractivity contribution >= 4 is 28.4 Å². The molecular formula is C30H28N2O5. The van der Waals surface area contributed by atoms with Crippen molar-refractivity contribution in [2.24, 2.45) is 0 Å². The van der Waals surface area contributed by atoms with Crippen LogP contribution in [-0.2, 0) is 16.0 Å². The summed E-state index contributed by atoms with van der Waals surface area (Å²) in [5.41, 5.74) is 3.27. The van der Waals surface area contributed by atoms with E-state index in [9.17, 15) is 14.7 Å². The summed E-state index contributed by atoms with van der Waals surface area (Å²) in [6, 6.07) is 21.3. The van der Waals surface area contributed by atoms with Crippen LogP contribution in [0.15, 0.2) is 84.6 Å². The second-order valence-corrected chi connectivity index (χ2v) is 8.84. The Balaban J connectivity index is 1.51. The Morgan fingerprint density at radius 1 is 1.00 bits per heavy atom. The van der Waals surface area contributed by atoms with Gasteiger partial charge < -0.3 is 24.5 Å². The standard InChI is InChI=1S/C30H28N2O5/c1-3-37-22-11-9-20(10-12-22)28(33)26-27(19-7-5-4-6-8-19)32(30(35)29(26)34)16-15-21-18-31-25-14-13-23(36-2)17-24(21)25/h4-14,17-18,27,31,33H,3,15-16H2,1-2H3/t27-/m1/s1. The molecule has 1 aliphatic rings. The Hall–Kier alpha value is -4.52. The number of nitrogens with zero attached hydrogens (tertiary/aromatic N) is 1. The zero-order valence-electron chi connectivity index (χ0n) is 20.7. The minimum atomic E-state index is -0.701. The number of hydrogen-bond acceptors (Lipinski definition) is 5. The van der Waals surface area contributed by atoms with Gasteiger partial charge >= 0.3 is 0 Å². The fourth-order valence-corrected chi connectivity index (χ4v) is 4.86. The highest BCUT2D eigenvalue weighted by atomic mass is 16.5. The number of aliphatic hydroxyl groups is 1. The van der Waals surface area contributed by atoms with Gasteiger partial charge in [-0.15, -0.1) is 0 Å². The van der Waals surface area contributed by atoms with E-state index in [4.69, 9.17) is 9.47 Å². The van der Waals surface area contributed by atoms with E-state index in [0.29, 0.717) is 30.9 Å². The van der Waals surface area contributed by atoms with Crippen LogP contribution in [0.2, 0.25) is 0 Å². The molecule has 1 fully saturated rings. The van der Waals surface area contributed by atoms with Crippen molar-refractivity contribution in [3.63, 3.8) is 0 Å². The number of amides is 1. The highest BCUT2D eigenvalue weighted by molar-refractivity contribution is 6.46. The van der Waals surface area contributed by atoms with Crippen molar-refractivity contribution in [1.82, 2.24) is 9.88 Å². The molecule has 1 aromatic heterocycles. The topological polar surface area (TPSA) is 91.9 Å². The van der Waals surface area contributed by atoms with E-state index in [1.807, 2.05) is 61.7 Å². The van der Waals surface area contributed by atoms with Crippen LogP contribution < -0.4 is 9.47 Å². The van der Waals surface area contributed by atoms with E-state index < -0.39 is 17.7 Å². The van der Waals surface area contributed by atoms with Gasteiger partial charge in [-0.3, -0.25) is 9.59 Å². The van der Waals surface area contributed by atoms with Crippen molar-refractivity contribution in [2.45, 2.75) is 19.4 Å². The van der Waals surface area contributed by atoms with Crippen molar-refractivity contribution in [1.29, 1.82) is 0 Å². The molecule has 1 atom stereocenters. The summed E-state index contributed by atoms with van der Waals surface area (Å²) < 4.78 is 10.9. The summed E-state index contributed by atoms with van der Waals surface area (Å²) in [5.74, 6) is -0.114. The lowest BCUT2D eigenvalue weighted by Gasteiger charge is -2.25. The molecule has 0 radical (unpaired) electrons. The average Bonchev–Trinajstić information content (AvgIpc) is 3.45. The first kappa shape index (κ1) is 24.2. The van der Waals surface area contributed by atoms with Crippen LogP contribution in [0.5, 0.6) is 11.5 Å². The number of methoxy groups -OCH3 is 1. The third kappa shape index (κ3) is 4.56. The van der Waals surface area contributed by atoms with E-state index in [2.05, 4.69) is 4.98 Å². The first-order valence-corrected chi connectivity index (χ1v) is 12.2. The number of ketones is 1. The molecule has 3 aromatic carbocycles. The Labute approximate surface area is 214 Å². The van der Waals surface area contributed by atoms with Gasteiger partial charge in [-0.25, -0.2) is 0 Å². The van der Waals surface area contributed by atoms with Crippen LogP contribution in [0, 0.1) is 0 Å². The highest BCUT2D eigenvalue weighted by Gasteiger charge is 2.45. The number of nitrogens with one attached hydrogen (secondary N) is 1. The summed E-state index contributed by atoms with van der Waals surface area (Å²) >= 11 is 0. The number of H-pyrrole nitrogens is 1. The predicted octanol–water partition coefficient (Wildman–Crippen LogP) is 5.24. The Morgan fingerprint density at radius 2 is 1.73 bits per heavy atom. The molecule has 1 amide bonds. The molecule has 0 bridgehead atoms. The third-order valence-corrected chi connectivity index (χ3v) is 6.69. The smallest absolute Gasteiger partial charge is 0.295 e. The minimum Gasteiger partial charge on any atom is -0.507 e. The van der Waals surface area contributed by atoms with Gasteiger partial charge in [-0.2, -0.15) is 0 Å². The number of fused-ring (bicyclic) bond motifs is 1. The number of aliphatic hydroxyl groups excluding tert-OH is 1. The molecule has 2 heterocycles. The molecule has 188 valence electrons. The summed E-state index contributed by atoms with van der Waals surface area (Å²) in [7, 11) is 1.62. The van der Waals surface area contributed by atoms with E-state index >= 15 is 0 Å². The molecule has 0 unspecified atom stereocenters. The molecule has 0 spiro atoms. The SMILES string of the molecule is CCOc1ccc(C(O)=C2C(=O)C(=O)N(CCc3c[nH]c4ccc(OC)cc34)[C@@H]2c2ccccc2)cc1. The highest BCUT2D eigenvalue weighted by Crippen LogP contribution is 2.39. The molecule has 5 rings (SSSR count). The molecule has 37 heavy (non-hydrogen) atoms. The second-order valence-electron chi connectivity index (χ2n) is 8.84. The second kappa shape index (κ2) is 10.2. The van der Waals surface area contributed by atoms with E-state index in [1.54, 1.807) is 36.3 Å². The molecule has 1 aliphatic heterocycles. The third-order valence-electron chi connectivity index (χ3n) is 6.69. The number of hydrogen-bond donors (Lipinski definition) is 2. The molecular weight excluding hydrogens is 468 g/mol. The molecule has 7 heteroatoms. The Morgan fingerprint density at radius 3 is 2.43 bits per heavy atom. The lowest BCUT2D eigenvalue weighted by molar-refractivity contribution is -0.139. The number of likely N-dealkylation sites (tertiary alicyclic amines) is 1. The van der Waals surface area contributed by atoms with E-state index in [1.165, 1.54) is 0 Å². The molecule has 7 nitrogen and oxygen atoms in total. The fourth-order valence-electron chi connectivity index (χ4n) is 4.86. The number of Topliss-reactive ketones (excluding diaryl/α,β-unsaturated/α-hetero) is 1. The van der Waals surface area contributed by atoms with Crippen LogP contribution in [0.1, 0.15) is 29.7 Å². The Bertz CT molecular complexity index is 1470. The first-order chi connectivity index (χ1) is 18.0. The maximum Gasteiger partial charge on any atom is 0.295 e.